The van der Waals surface area contributed by atoms with E-state index in [-0.39, 0.29) is 18.1 Å². The summed E-state index contributed by atoms with van der Waals surface area (Å²) in [4.78, 5) is 15.7. The van der Waals surface area contributed by atoms with Gasteiger partial charge in [0.25, 0.3) is 0 Å². The predicted molar refractivity (Wildman–Crippen MR) is 57.4 cm³/mol. The number of amides is 1. The first kappa shape index (κ1) is 10.9. The molecule has 0 aromatic carbocycles. The van der Waals surface area contributed by atoms with E-state index in [9.17, 15) is 9.90 Å². The summed E-state index contributed by atoms with van der Waals surface area (Å²) in [5, 5.41) is 9.79. The Hall–Kier alpha value is -0.610. The minimum atomic E-state index is -0.266. The first-order valence-electron chi connectivity index (χ1n) is 5.76. The summed E-state index contributed by atoms with van der Waals surface area (Å²) < 4.78 is 0. The van der Waals surface area contributed by atoms with Crippen molar-refractivity contribution >= 4 is 5.91 Å². The van der Waals surface area contributed by atoms with E-state index in [2.05, 4.69) is 11.8 Å². The third-order valence-electron chi connectivity index (χ3n) is 3.79. The van der Waals surface area contributed by atoms with Crippen LogP contribution >= 0.6 is 0 Å². The highest BCUT2D eigenvalue weighted by molar-refractivity contribution is 5.83. The smallest absolute Gasteiger partial charge is 0.239 e. The molecule has 2 heterocycles. The summed E-state index contributed by atoms with van der Waals surface area (Å²) >= 11 is 0. The van der Waals surface area contributed by atoms with Gasteiger partial charge in [0.2, 0.25) is 5.91 Å². The van der Waals surface area contributed by atoms with Crippen molar-refractivity contribution in [1.82, 2.24) is 9.80 Å². The maximum absolute atomic E-state index is 11.8. The van der Waals surface area contributed by atoms with E-state index < -0.39 is 0 Å². The second-order valence-electron chi connectivity index (χ2n) is 4.89. The predicted octanol–water partition coefficient (Wildman–Crippen LogP) is -0.0802. The molecule has 0 bridgehead atoms. The van der Waals surface area contributed by atoms with Crippen molar-refractivity contribution in [1.29, 1.82) is 0 Å². The van der Waals surface area contributed by atoms with E-state index in [1.54, 1.807) is 4.90 Å². The zero-order valence-corrected chi connectivity index (χ0v) is 9.52. The van der Waals surface area contributed by atoms with Gasteiger partial charge in [-0.2, -0.15) is 0 Å². The number of carbonyl (C=O) groups is 1. The van der Waals surface area contributed by atoms with E-state index >= 15 is 0 Å². The summed E-state index contributed by atoms with van der Waals surface area (Å²) in [7, 11) is 1.85. The van der Waals surface area contributed by atoms with Gasteiger partial charge in [-0.1, -0.05) is 6.92 Å². The fourth-order valence-corrected chi connectivity index (χ4v) is 2.50. The molecular weight excluding hydrogens is 192 g/mol. The molecule has 0 saturated carbocycles. The van der Waals surface area contributed by atoms with Crippen LogP contribution in [0.25, 0.3) is 0 Å². The highest BCUT2D eigenvalue weighted by atomic mass is 16.3. The number of nitrogens with zero attached hydrogens (tertiary/aromatic N) is 2. The average Bonchev–Trinajstić information content (AvgIpc) is 2.53. The van der Waals surface area contributed by atoms with Crippen LogP contribution in [0.1, 0.15) is 19.8 Å². The summed E-state index contributed by atoms with van der Waals surface area (Å²) in [6.45, 7) is 4.53. The van der Waals surface area contributed by atoms with E-state index in [1.807, 2.05) is 7.05 Å². The molecule has 2 aliphatic rings. The van der Waals surface area contributed by atoms with Crippen molar-refractivity contribution in [2.24, 2.45) is 5.92 Å². The fraction of sp³-hybridized carbons (Fsp3) is 0.909. The number of piperidine rings is 1. The molecule has 1 amide bonds. The maximum Gasteiger partial charge on any atom is 0.239 e. The second-order valence-corrected chi connectivity index (χ2v) is 4.89. The van der Waals surface area contributed by atoms with Gasteiger partial charge < -0.3 is 10.0 Å². The van der Waals surface area contributed by atoms with Crippen LogP contribution < -0.4 is 0 Å². The average molecular weight is 212 g/mol. The number of likely N-dealkylation sites (tertiary alicyclic amines) is 2. The molecule has 4 heteroatoms. The molecule has 1 N–H and O–H groups in total. The quantitative estimate of drug-likeness (QED) is 0.661. The van der Waals surface area contributed by atoms with Crippen LogP contribution in [0.2, 0.25) is 0 Å². The number of hydrogen-bond donors (Lipinski definition) is 1. The van der Waals surface area contributed by atoms with E-state index in [1.165, 1.54) is 0 Å². The number of aliphatic hydroxyl groups is 1. The Labute approximate surface area is 90.9 Å². The van der Waals surface area contributed by atoms with Gasteiger partial charge in [0.05, 0.1) is 12.1 Å². The molecule has 0 radical (unpaired) electrons. The molecule has 0 aromatic heterocycles. The van der Waals surface area contributed by atoms with Crippen molar-refractivity contribution < 1.29 is 9.90 Å². The van der Waals surface area contributed by atoms with Gasteiger partial charge in [0, 0.05) is 20.1 Å². The molecule has 2 saturated heterocycles. The zero-order valence-electron chi connectivity index (χ0n) is 9.52. The van der Waals surface area contributed by atoms with Crippen molar-refractivity contribution in [2.75, 3.05) is 26.7 Å². The SMILES string of the molecule is CC1CCN(C2CCN(C)C2=O)CC1O. The van der Waals surface area contributed by atoms with Crippen LogP contribution in [0, 0.1) is 5.92 Å². The standard InChI is InChI=1S/C11H20N2O2/c1-8-3-6-13(7-10(8)14)9-4-5-12(2)11(9)15/h8-10,14H,3-7H2,1-2H3. The Morgan fingerprint density at radius 2 is 2.07 bits per heavy atom. The van der Waals surface area contributed by atoms with Gasteiger partial charge in [-0.15, -0.1) is 0 Å². The molecule has 0 aromatic rings. The normalized spacial score (nSPS) is 38.7. The van der Waals surface area contributed by atoms with Gasteiger partial charge in [0.15, 0.2) is 0 Å². The third-order valence-corrected chi connectivity index (χ3v) is 3.79. The van der Waals surface area contributed by atoms with Gasteiger partial charge in [0.1, 0.15) is 0 Å². The van der Waals surface area contributed by atoms with Gasteiger partial charge in [-0.25, -0.2) is 0 Å². The van der Waals surface area contributed by atoms with Gasteiger partial charge in [-0.3, -0.25) is 9.69 Å². The van der Waals surface area contributed by atoms with Crippen LogP contribution in [-0.4, -0.2) is 59.6 Å². The Kier molecular flexibility index (Phi) is 2.98. The maximum atomic E-state index is 11.8. The van der Waals surface area contributed by atoms with Gasteiger partial charge >= 0.3 is 0 Å². The molecular formula is C11H20N2O2. The molecule has 15 heavy (non-hydrogen) atoms. The Morgan fingerprint density at radius 1 is 1.33 bits per heavy atom. The monoisotopic (exact) mass is 212 g/mol. The van der Waals surface area contributed by atoms with E-state index in [4.69, 9.17) is 0 Å². The number of carbonyl (C=O) groups excluding carboxylic acids is 1. The lowest BCUT2D eigenvalue weighted by Crippen LogP contribution is -2.50. The number of rotatable bonds is 1. The lowest BCUT2D eigenvalue weighted by molar-refractivity contribution is -0.132. The molecule has 0 aliphatic carbocycles. The lowest BCUT2D eigenvalue weighted by Gasteiger charge is -2.36. The van der Waals surface area contributed by atoms with Crippen LogP contribution in [-0.2, 0) is 4.79 Å². The van der Waals surface area contributed by atoms with Crippen LogP contribution in [0.3, 0.4) is 0 Å². The van der Waals surface area contributed by atoms with E-state index in [0.29, 0.717) is 12.5 Å². The summed E-state index contributed by atoms with van der Waals surface area (Å²) in [6, 6.07) is 0.0251. The summed E-state index contributed by atoms with van der Waals surface area (Å²) in [5.41, 5.74) is 0. The Balaban J connectivity index is 1.97. The molecule has 3 atom stereocenters. The number of hydrogen-bond acceptors (Lipinski definition) is 3. The zero-order chi connectivity index (χ0) is 11.0. The minimum absolute atomic E-state index is 0.0251. The lowest BCUT2D eigenvalue weighted by atomic mass is 9.94. The molecule has 2 rings (SSSR count). The molecule has 0 spiro atoms. The first-order valence-corrected chi connectivity index (χ1v) is 5.76. The number of β-amino-alcohol motifs (C(OH)–C–C–N with tert-alkyl or cyclic N) is 1. The highest BCUT2D eigenvalue weighted by Gasteiger charge is 2.37. The largest absolute Gasteiger partial charge is 0.392 e. The molecule has 3 unspecified atom stereocenters. The molecule has 4 nitrogen and oxygen atoms in total. The molecule has 2 aliphatic heterocycles. The van der Waals surface area contributed by atoms with Crippen molar-refractivity contribution in [3.63, 3.8) is 0 Å². The van der Waals surface area contributed by atoms with Crippen molar-refractivity contribution in [3.8, 4) is 0 Å². The minimum Gasteiger partial charge on any atom is -0.392 e. The molecule has 2 fully saturated rings. The summed E-state index contributed by atoms with van der Waals surface area (Å²) in [6.07, 6.45) is 1.64. The topological polar surface area (TPSA) is 43.8 Å². The van der Waals surface area contributed by atoms with Gasteiger partial charge in [-0.05, 0) is 25.3 Å². The van der Waals surface area contributed by atoms with Crippen molar-refractivity contribution in [3.05, 3.63) is 0 Å². The van der Waals surface area contributed by atoms with Crippen LogP contribution in [0.15, 0.2) is 0 Å². The van der Waals surface area contributed by atoms with Crippen LogP contribution in [0.5, 0.6) is 0 Å². The van der Waals surface area contributed by atoms with Crippen LogP contribution in [0.4, 0.5) is 0 Å². The first-order chi connectivity index (χ1) is 7.09. The van der Waals surface area contributed by atoms with Crippen molar-refractivity contribution in [2.45, 2.75) is 31.9 Å². The van der Waals surface area contributed by atoms with E-state index in [0.717, 1.165) is 25.9 Å². The number of aliphatic hydroxyl groups excluding tert-OH is 1. The highest BCUT2D eigenvalue weighted by Crippen LogP contribution is 2.23. The fourth-order valence-electron chi connectivity index (χ4n) is 2.50. The second kappa shape index (κ2) is 4.10. The Morgan fingerprint density at radius 3 is 2.60 bits per heavy atom. The summed E-state index contributed by atoms with van der Waals surface area (Å²) in [5.74, 6) is 0.590. The Bertz CT molecular complexity index is 257. The number of likely N-dealkylation sites (N-methyl/N-ethyl adjacent to an activating group) is 1. The third kappa shape index (κ3) is 2.01. The molecule has 86 valence electrons.